The predicted molar refractivity (Wildman–Crippen MR) is 156 cm³/mol. The van der Waals surface area contributed by atoms with Gasteiger partial charge in [0.1, 0.15) is 0 Å². The Morgan fingerprint density at radius 2 is 1.95 bits per heavy atom. The molecule has 7 rings (SSSR count). The van der Waals surface area contributed by atoms with E-state index in [4.69, 9.17) is 0 Å². The quantitative estimate of drug-likeness (QED) is 0.307. The van der Waals surface area contributed by atoms with Crippen molar-refractivity contribution in [2.24, 2.45) is 0 Å². The van der Waals surface area contributed by atoms with Crippen LogP contribution in [0.3, 0.4) is 0 Å². The summed E-state index contributed by atoms with van der Waals surface area (Å²) in [5, 5.41) is 12.3. The Hall–Kier alpha value is -4.49. The molecule has 1 unspecified atom stereocenters. The normalized spacial score (nSPS) is 17.1. The Bertz CT molecular complexity index is 1860. The van der Waals surface area contributed by atoms with Crippen molar-refractivity contribution in [3.8, 4) is 16.8 Å². The number of aliphatic hydroxyl groups excluding tert-OH is 1. The van der Waals surface area contributed by atoms with Gasteiger partial charge in [0.15, 0.2) is 0 Å². The maximum Gasteiger partial charge on any atom is 0.263 e. The summed E-state index contributed by atoms with van der Waals surface area (Å²) in [4.78, 5) is 32.7. The molecule has 2 aromatic carbocycles. The summed E-state index contributed by atoms with van der Waals surface area (Å²) < 4.78 is 3.71. The molecule has 0 spiro atoms. The molecule has 1 N–H and O–H groups in total. The number of likely N-dealkylation sites (tertiary alicyclic amines) is 1. The summed E-state index contributed by atoms with van der Waals surface area (Å²) in [7, 11) is 0. The van der Waals surface area contributed by atoms with E-state index in [1.807, 2.05) is 47.0 Å². The van der Waals surface area contributed by atoms with Gasteiger partial charge in [-0.1, -0.05) is 30.8 Å². The highest BCUT2D eigenvalue weighted by atomic mass is 16.3. The van der Waals surface area contributed by atoms with E-state index in [9.17, 15) is 14.7 Å². The predicted octanol–water partition coefficient (Wildman–Crippen LogP) is 5.18. The first-order chi connectivity index (χ1) is 19.6. The zero-order valence-electron chi connectivity index (χ0n) is 22.2. The molecule has 0 radical (unpaired) electrons. The van der Waals surface area contributed by atoms with Crippen molar-refractivity contribution in [3.63, 3.8) is 0 Å². The molecule has 3 aromatic heterocycles. The maximum atomic E-state index is 14.3. The van der Waals surface area contributed by atoms with E-state index >= 15 is 0 Å². The summed E-state index contributed by atoms with van der Waals surface area (Å²) in [6, 6.07) is 18.2. The number of amides is 1. The number of aliphatic hydroxyl groups is 1. The van der Waals surface area contributed by atoms with Crippen molar-refractivity contribution < 1.29 is 9.90 Å². The van der Waals surface area contributed by atoms with Crippen LogP contribution in [0.25, 0.3) is 33.1 Å². The molecule has 1 amide bonds. The molecule has 1 saturated carbocycles. The number of carbonyl (C=O) groups is 1. The van der Waals surface area contributed by atoms with Crippen molar-refractivity contribution in [2.45, 2.75) is 37.7 Å². The van der Waals surface area contributed by atoms with E-state index < -0.39 is 0 Å². The van der Waals surface area contributed by atoms with Gasteiger partial charge in [0.25, 0.3) is 5.56 Å². The molecular weight excluding hydrogens is 500 g/mol. The van der Waals surface area contributed by atoms with Gasteiger partial charge >= 0.3 is 0 Å². The maximum absolute atomic E-state index is 14.3. The number of hydrogen-bond donors (Lipinski definition) is 1. The first-order valence-corrected chi connectivity index (χ1v) is 13.8. The lowest BCUT2D eigenvalue weighted by Crippen LogP contribution is -2.28. The molecule has 5 aromatic rings. The van der Waals surface area contributed by atoms with Crippen LogP contribution in [-0.4, -0.2) is 43.0 Å². The number of imidazole rings is 1. The Morgan fingerprint density at radius 3 is 2.75 bits per heavy atom. The number of aromatic nitrogens is 3. The van der Waals surface area contributed by atoms with Crippen LogP contribution in [0.4, 0.5) is 0 Å². The Kier molecular flexibility index (Phi) is 5.90. The smallest absolute Gasteiger partial charge is 0.263 e. The Labute approximate surface area is 231 Å². The number of benzene rings is 2. The van der Waals surface area contributed by atoms with E-state index in [0.29, 0.717) is 35.6 Å². The van der Waals surface area contributed by atoms with E-state index in [1.54, 1.807) is 22.0 Å². The van der Waals surface area contributed by atoms with Crippen LogP contribution in [0.5, 0.6) is 0 Å². The van der Waals surface area contributed by atoms with Crippen LogP contribution in [0.1, 0.15) is 47.9 Å². The zero-order chi connectivity index (χ0) is 27.4. The van der Waals surface area contributed by atoms with Crippen molar-refractivity contribution in [3.05, 3.63) is 113 Å². The third kappa shape index (κ3) is 4.05. The highest BCUT2D eigenvalue weighted by Crippen LogP contribution is 2.41. The van der Waals surface area contributed by atoms with E-state index in [1.165, 1.54) is 24.5 Å². The minimum atomic E-state index is -0.230. The number of pyridine rings is 2. The monoisotopic (exact) mass is 530 g/mol. The summed E-state index contributed by atoms with van der Waals surface area (Å²) >= 11 is 0. The van der Waals surface area contributed by atoms with Crippen LogP contribution >= 0.6 is 0 Å². The summed E-state index contributed by atoms with van der Waals surface area (Å²) in [5.41, 5.74) is 6.12. The van der Waals surface area contributed by atoms with Crippen molar-refractivity contribution in [1.29, 1.82) is 0 Å². The molecule has 1 aliphatic heterocycles. The van der Waals surface area contributed by atoms with Crippen LogP contribution < -0.4 is 5.56 Å². The van der Waals surface area contributed by atoms with Crippen LogP contribution in [0, 0.1) is 0 Å². The molecule has 2 aliphatic rings. The van der Waals surface area contributed by atoms with E-state index in [0.717, 1.165) is 34.1 Å². The third-order valence-corrected chi connectivity index (χ3v) is 8.49. The topological polar surface area (TPSA) is 79.8 Å². The third-order valence-electron chi connectivity index (χ3n) is 8.49. The van der Waals surface area contributed by atoms with Crippen molar-refractivity contribution in [1.82, 2.24) is 18.9 Å². The van der Waals surface area contributed by atoms with Gasteiger partial charge in [-0.05, 0) is 83.7 Å². The standard InChI is InChI=1S/C33H30N4O3/c1-2-32(39)35-12-11-24(18-35)31-16-25-14-22(21-6-7-21)8-9-28(25)33(40)37(31)30-5-3-4-27(29(30)19-38)23-10-13-36-20-34-17-26(36)15-23/h2-5,8-10,13-17,20-21,24,38H,1,6-7,11-12,18-19H2. The van der Waals surface area contributed by atoms with Gasteiger partial charge in [0.05, 0.1) is 30.3 Å². The fourth-order valence-electron chi connectivity index (χ4n) is 6.21. The Morgan fingerprint density at radius 1 is 1.07 bits per heavy atom. The van der Waals surface area contributed by atoms with Crippen LogP contribution in [0.2, 0.25) is 0 Å². The second-order valence-corrected chi connectivity index (χ2v) is 10.9. The first kappa shape index (κ1) is 24.5. The van der Waals surface area contributed by atoms with E-state index in [-0.39, 0.29) is 24.0 Å². The fourth-order valence-corrected chi connectivity index (χ4v) is 6.21. The van der Waals surface area contributed by atoms with Crippen molar-refractivity contribution in [2.75, 3.05) is 13.1 Å². The van der Waals surface area contributed by atoms with E-state index in [2.05, 4.69) is 29.8 Å². The van der Waals surface area contributed by atoms with Crippen LogP contribution in [0.15, 0.2) is 90.8 Å². The lowest BCUT2D eigenvalue weighted by atomic mass is 9.96. The number of nitrogens with zero attached hydrogens (tertiary/aromatic N) is 4. The average molecular weight is 531 g/mol. The molecule has 40 heavy (non-hydrogen) atoms. The summed E-state index contributed by atoms with van der Waals surface area (Å²) in [5.74, 6) is 0.457. The van der Waals surface area contributed by atoms with Gasteiger partial charge in [-0.2, -0.15) is 0 Å². The first-order valence-electron chi connectivity index (χ1n) is 13.8. The van der Waals surface area contributed by atoms with Gasteiger partial charge in [0, 0.05) is 41.8 Å². The minimum absolute atomic E-state index is 0.0241. The Balaban J connectivity index is 1.44. The van der Waals surface area contributed by atoms with Gasteiger partial charge in [-0.25, -0.2) is 4.98 Å². The minimum Gasteiger partial charge on any atom is -0.392 e. The molecule has 7 nitrogen and oxygen atoms in total. The molecular formula is C33H30N4O3. The van der Waals surface area contributed by atoms with Gasteiger partial charge in [-0.15, -0.1) is 0 Å². The second-order valence-electron chi connectivity index (χ2n) is 10.9. The summed E-state index contributed by atoms with van der Waals surface area (Å²) in [6.07, 6.45) is 9.97. The molecule has 4 heterocycles. The lowest BCUT2D eigenvalue weighted by Gasteiger charge is -2.23. The molecule has 7 heteroatoms. The van der Waals surface area contributed by atoms with Crippen molar-refractivity contribution >= 4 is 22.2 Å². The van der Waals surface area contributed by atoms with Gasteiger partial charge in [-0.3, -0.25) is 14.2 Å². The lowest BCUT2D eigenvalue weighted by molar-refractivity contribution is -0.125. The fraction of sp³-hybridized carbons (Fsp3) is 0.242. The van der Waals surface area contributed by atoms with Crippen LogP contribution in [-0.2, 0) is 11.4 Å². The number of hydrogen-bond acceptors (Lipinski definition) is 4. The number of carbonyl (C=O) groups excluding carboxylic acids is 1. The summed E-state index contributed by atoms with van der Waals surface area (Å²) in [6.45, 7) is 4.55. The molecule has 1 atom stereocenters. The number of rotatable bonds is 6. The van der Waals surface area contributed by atoms with Gasteiger partial charge in [0.2, 0.25) is 5.91 Å². The molecule has 1 saturated heterocycles. The SMILES string of the molecule is C=CC(=O)N1CCC(c2cc3cc(C4CC4)ccc3c(=O)n2-c2cccc(-c3ccn4cncc4c3)c2CO)C1. The number of fused-ring (bicyclic) bond motifs is 2. The van der Waals surface area contributed by atoms with Gasteiger partial charge < -0.3 is 14.4 Å². The molecule has 200 valence electrons. The largest absolute Gasteiger partial charge is 0.392 e. The highest BCUT2D eigenvalue weighted by Gasteiger charge is 2.30. The molecule has 1 aliphatic carbocycles. The molecule has 2 fully saturated rings. The average Bonchev–Trinajstić information content (AvgIpc) is 3.53. The molecule has 0 bridgehead atoms. The zero-order valence-corrected chi connectivity index (χ0v) is 22.2. The second kappa shape index (κ2) is 9.61. The highest BCUT2D eigenvalue weighted by molar-refractivity contribution is 5.87.